The van der Waals surface area contributed by atoms with Crippen LogP contribution in [0.25, 0.3) is 0 Å². The largest absolute Gasteiger partial charge is 0.494 e. The number of thioether (sulfide) groups is 2. The van der Waals surface area contributed by atoms with Gasteiger partial charge in [0.05, 0.1) is 40.6 Å². The summed E-state index contributed by atoms with van der Waals surface area (Å²) >= 11 is 3.19. The fourth-order valence-corrected chi connectivity index (χ4v) is 6.81. The molecule has 3 aliphatic heterocycles. The Morgan fingerprint density at radius 2 is 1.74 bits per heavy atom. The van der Waals surface area contributed by atoms with E-state index in [1.807, 2.05) is 78.6 Å². The van der Waals surface area contributed by atoms with E-state index in [-0.39, 0.29) is 5.92 Å². The lowest BCUT2D eigenvalue weighted by Gasteiger charge is -2.35. The van der Waals surface area contributed by atoms with Gasteiger partial charge in [-0.25, -0.2) is 0 Å². The number of para-hydroxylation sites is 2. The van der Waals surface area contributed by atoms with Crippen molar-refractivity contribution in [3.63, 3.8) is 0 Å². The second-order valence-electron chi connectivity index (χ2n) is 7.99. The Bertz CT molecular complexity index is 1410. The minimum Gasteiger partial charge on any atom is -0.494 e. The molecule has 0 fully saturated rings. The Hall–Kier alpha value is -3.60. The van der Waals surface area contributed by atoms with E-state index in [2.05, 4.69) is 17.5 Å². The number of hydrogen-bond donors (Lipinski definition) is 2. The molecule has 0 radical (unpaired) electrons. The van der Waals surface area contributed by atoms with E-state index in [4.69, 9.17) is 4.74 Å². The summed E-state index contributed by atoms with van der Waals surface area (Å²) in [6, 6.07) is 26.6. The van der Waals surface area contributed by atoms with Crippen LogP contribution >= 0.6 is 23.5 Å². The molecule has 0 aliphatic carbocycles. The third-order valence-electron chi connectivity index (χ3n) is 6.04. The van der Waals surface area contributed by atoms with Crippen molar-refractivity contribution >= 4 is 40.7 Å². The first-order valence-electron chi connectivity index (χ1n) is 11.0. The molecule has 1 unspecified atom stereocenters. The molecule has 3 aliphatic rings. The highest BCUT2D eigenvalue weighted by Gasteiger charge is 2.44. The first-order valence-corrected chi connectivity index (χ1v) is 12.6. The number of amidine groups is 1. The van der Waals surface area contributed by atoms with E-state index in [0.717, 1.165) is 48.1 Å². The molecule has 0 saturated heterocycles. The molecule has 5 nitrogen and oxygen atoms in total. The molecule has 166 valence electrons. The van der Waals surface area contributed by atoms with E-state index in [1.165, 1.54) is 0 Å². The lowest BCUT2D eigenvalue weighted by atomic mass is 9.82. The van der Waals surface area contributed by atoms with Gasteiger partial charge in [0.15, 0.2) is 0 Å². The molecule has 1 atom stereocenters. The molecule has 3 heterocycles. The van der Waals surface area contributed by atoms with Gasteiger partial charge in [-0.3, -0.25) is 10.3 Å². The highest BCUT2D eigenvalue weighted by atomic mass is 32.2. The van der Waals surface area contributed by atoms with E-state index in [0.29, 0.717) is 18.0 Å². The third kappa shape index (κ3) is 3.22. The minimum absolute atomic E-state index is 0.356. The van der Waals surface area contributed by atoms with Gasteiger partial charge in [-0.05, 0) is 48.9 Å². The fourth-order valence-electron chi connectivity index (χ4n) is 4.56. The molecular weight excluding hydrogens is 460 g/mol. The Morgan fingerprint density at radius 3 is 2.47 bits per heavy atom. The highest BCUT2D eigenvalue weighted by Crippen LogP contribution is 2.56. The molecule has 6 rings (SSSR count). The van der Waals surface area contributed by atoms with Crippen LogP contribution in [0.15, 0.2) is 104 Å². The van der Waals surface area contributed by atoms with E-state index in [9.17, 15) is 10.7 Å². The van der Waals surface area contributed by atoms with Crippen LogP contribution in [0.4, 0.5) is 11.4 Å². The molecule has 0 bridgehead atoms. The zero-order valence-electron chi connectivity index (χ0n) is 18.3. The van der Waals surface area contributed by atoms with E-state index in [1.54, 1.807) is 23.5 Å². The maximum absolute atomic E-state index is 10.4. The van der Waals surface area contributed by atoms with Crippen LogP contribution in [0.3, 0.4) is 0 Å². The highest BCUT2D eigenvalue weighted by molar-refractivity contribution is 8.04. The number of nitriles is 1. The van der Waals surface area contributed by atoms with Gasteiger partial charge in [-0.15, -0.1) is 0 Å². The van der Waals surface area contributed by atoms with Gasteiger partial charge >= 0.3 is 0 Å². The van der Waals surface area contributed by atoms with E-state index >= 15 is 0 Å². The van der Waals surface area contributed by atoms with Gasteiger partial charge in [0, 0.05) is 15.4 Å². The van der Waals surface area contributed by atoms with Crippen LogP contribution in [0.2, 0.25) is 0 Å². The topological polar surface area (TPSA) is 72.1 Å². The molecular formula is C27H20N4OS2. The fraction of sp³-hybridized carbons (Fsp3) is 0.111. The minimum atomic E-state index is -0.356. The van der Waals surface area contributed by atoms with Gasteiger partial charge in [0.1, 0.15) is 16.6 Å². The first kappa shape index (κ1) is 21.0. The molecule has 0 spiro atoms. The summed E-state index contributed by atoms with van der Waals surface area (Å²) in [6.07, 6.45) is 0. The summed E-state index contributed by atoms with van der Waals surface area (Å²) in [7, 11) is 0. The zero-order valence-corrected chi connectivity index (χ0v) is 20.0. The van der Waals surface area contributed by atoms with Gasteiger partial charge in [-0.2, -0.15) is 5.26 Å². The maximum atomic E-state index is 10.4. The van der Waals surface area contributed by atoms with Gasteiger partial charge < -0.3 is 10.1 Å². The lowest BCUT2D eigenvalue weighted by Crippen LogP contribution is -2.37. The standard InChI is InChI=1S/C27H20N4OS2/c1-2-32-17-13-11-16(12-14-17)23-18(15-28)27-31(20-8-4-6-10-22(20)34-27)25(29)24(23)26-30-19-7-3-5-9-21(19)33-26/h3-14,23,29-30H,2H2,1H3/b26-24+,29-25?. The summed E-state index contributed by atoms with van der Waals surface area (Å²) in [4.78, 5) is 4.10. The molecule has 0 saturated carbocycles. The van der Waals surface area contributed by atoms with Crippen LogP contribution in [0.1, 0.15) is 18.4 Å². The quantitative estimate of drug-likeness (QED) is 0.423. The van der Waals surface area contributed by atoms with E-state index < -0.39 is 0 Å². The van der Waals surface area contributed by atoms with Crippen molar-refractivity contribution in [1.29, 1.82) is 10.7 Å². The molecule has 34 heavy (non-hydrogen) atoms. The Labute approximate surface area is 206 Å². The molecule has 3 aromatic carbocycles. The number of nitrogens with one attached hydrogen (secondary N) is 2. The normalized spacial score (nSPS) is 20.4. The molecule has 2 N–H and O–H groups in total. The smallest absolute Gasteiger partial charge is 0.137 e. The lowest BCUT2D eigenvalue weighted by molar-refractivity contribution is 0.340. The molecule has 3 aromatic rings. The monoisotopic (exact) mass is 480 g/mol. The second kappa shape index (κ2) is 8.32. The average Bonchev–Trinajstić information content (AvgIpc) is 3.46. The van der Waals surface area contributed by atoms with Crippen molar-refractivity contribution in [3.05, 3.63) is 99.6 Å². The van der Waals surface area contributed by atoms with Crippen molar-refractivity contribution in [2.75, 3.05) is 16.8 Å². The van der Waals surface area contributed by atoms with Crippen molar-refractivity contribution in [1.82, 2.24) is 0 Å². The Kier molecular flexibility index (Phi) is 5.13. The molecule has 7 heteroatoms. The van der Waals surface area contributed by atoms with Crippen molar-refractivity contribution in [3.8, 4) is 11.8 Å². The van der Waals surface area contributed by atoms with Gasteiger partial charge in [0.2, 0.25) is 0 Å². The van der Waals surface area contributed by atoms with Crippen molar-refractivity contribution in [2.24, 2.45) is 0 Å². The average molecular weight is 481 g/mol. The summed E-state index contributed by atoms with van der Waals surface area (Å²) in [6.45, 7) is 2.56. The summed E-state index contributed by atoms with van der Waals surface area (Å²) < 4.78 is 5.64. The Balaban J connectivity index is 1.56. The summed E-state index contributed by atoms with van der Waals surface area (Å²) in [5.41, 5.74) is 4.40. The predicted octanol–water partition coefficient (Wildman–Crippen LogP) is 6.94. The number of anilines is 2. The van der Waals surface area contributed by atoms with Gasteiger partial charge in [-0.1, -0.05) is 59.9 Å². The van der Waals surface area contributed by atoms with Crippen molar-refractivity contribution < 1.29 is 4.74 Å². The van der Waals surface area contributed by atoms with Crippen molar-refractivity contribution in [2.45, 2.75) is 22.6 Å². The number of nitrogens with zero attached hydrogens (tertiary/aromatic N) is 2. The van der Waals surface area contributed by atoms with Crippen LogP contribution in [0, 0.1) is 16.7 Å². The number of benzene rings is 3. The zero-order chi connectivity index (χ0) is 23.2. The number of allylic oxidation sites excluding steroid dienone is 1. The number of hydrogen-bond acceptors (Lipinski definition) is 6. The first-order chi connectivity index (χ1) is 16.7. The third-order valence-corrected chi connectivity index (χ3v) is 8.30. The van der Waals surface area contributed by atoms with Crippen LogP contribution in [-0.2, 0) is 0 Å². The predicted molar refractivity (Wildman–Crippen MR) is 138 cm³/mol. The summed E-state index contributed by atoms with van der Waals surface area (Å²) in [5, 5.41) is 25.0. The SMILES string of the molecule is CCOc1ccc(C2C(C#N)=C3Sc4ccccc4N3C(=N)/C2=C2\Nc3ccccc3S2)cc1. The van der Waals surface area contributed by atoms with Crippen LogP contribution < -0.4 is 15.0 Å². The number of rotatable bonds is 3. The maximum Gasteiger partial charge on any atom is 0.137 e. The number of fused-ring (bicyclic) bond motifs is 4. The Morgan fingerprint density at radius 1 is 1.00 bits per heavy atom. The molecule has 0 amide bonds. The number of ether oxygens (including phenoxy) is 1. The summed E-state index contributed by atoms with van der Waals surface area (Å²) in [5.74, 6) is 0.834. The van der Waals surface area contributed by atoms with Crippen LogP contribution in [0.5, 0.6) is 5.75 Å². The van der Waals surface area contributed by atoms with Crippen LogP contribution in [-0.4, -0.2) is 12.4 Å². The molecule has 0 aromatic heterocycles. The van der Waals surface area contributed by atoms with Gasteiger partial charge in [0.25, 0.3) is 0 Å². The second-order valence-corrected chi connectivity index (χ2v) is 10.1.